The van der Waals surface area contributed by atoms with Gasteiger partial charge in [0, 0.05) is 0 Å². The molecule has 86 valence electrons. The van der Waals surface area contributed by atoms with E-state index in [2.05, 4.69) is 5.16 Å². The number of oxime groups is 1. The fourth-order valence-corrected chi connectivity index (χ4v) is 1.18. The van der Waals surface area contributed by atoms with Crippen LogP contribution in [0.5, 0.6) is 5.75 Å². The highest BCUT2D eigenvalue weighted by atomic mass is 16.5. The number of nitrogens with zero attached hydrogens (tertiary/aromatic N) is 1. The minimum atomic E-state index is -0.433. The van der Waals surface area contributed by atoms with Gasteiger partial charge in [-0.1, -0.05) is 19.0 Å². The number of carbonyl (C=O) groups excluding carboxylic acids is 1. The van der Waals surface area contributed by atoms with Crippen molar-refractivity contribution in [1.29, 1.82) is 0 Å². The molecule has 0 aliphatic rings. The zero-order valence-electron chi connectivity index (χ0n) is 9.33. The highest BCUT2D eigenvalue weighted by molar-refractivity contribution is 5.79. The molecular weight excluding hydrogens is 206 g/mol. The van der Waals surface area contributed by atoms with E-state index in [1.165, 1.54) is 6.21 Å². The fraction of sp³-hybridized carbons (Fsp3) is 0.333. The summed E-state index contributed by atoms with van der Waals surface area (Å²) in [6.07, 6.45) is 1.69. The minimum absolute atomic E-state index is 0.135. The Kier molecular flexibility index (Phi) is 4.51. The Balaban J connectivity index is 2.71. The zero-order valence-corrected chi connectivity index (χ0v) is 9.33. The van der Waals surface area contributed by atoms with Crippen LogP contribution in [0.4, 0.5) is 0 Å². The van der Waals surface area contributed by atoms with E-state index in [9.17, 15) is 4.79 Å². The van der Waals surface area contributed by atoms with Crippen molar-refractivity contribution >= 4 is 12.5 Å². The van der Waals surface area contributed by atoms with Gasteiger partial charge in [0.05, 0.1) is 6.21 Å². The molecule has 1 N–H and O–H groups in total. The van der Waals surface area contributed by atoms with E-state index in [0.29, 0.717) is 5.75 Å². The molecule has 1 atom stereocenters. The topological polar surface area (TPSA) is 58.9 Å². The SMILES string of the molecule is CC(C)[C@H](C=O)Oc1ccc(/C=N/O)cc1. The first-order valence-electron chi connectivity index (χ1n) is 5.07. The molecule has 4 nitrogen and oxygen atoms in total. The fourth-order valence-electron chi connectivity index (χ4n) is 1.18. The molecule has 0 amide bonds. The number of rotatable bonds is 5. The molecule has 1 rings (SSSR count). The van der Waals surface area contributed by atoms with Crippen LogP contribution in [0.3, 0.4) is 0 Å². The first kappa shape index (κ1) is 12.2. The van der Waals surface area contributed by atoms with Crippen molar-refractivity contribution in [3.63, 3.8) is 0 Å². The monoisotopic (exact) mass is 221 g/mol. The molecule has 1 aromatic carbocycles. The largest absolute Gasteiger partial charge is 0.483 e. The molecule has 0 saturated heterocycles. The van der Waals surface area contributed by atoms with Crippen LogP contribution < -0.4 is 4.74 Å². The van der Waals surface area contributed by atoms with Crippen molar-refractivity contribution < 1.29 is 14.7 Å². The summed E-state index contributed by atoms with van der Waals surface area (Å²) in [4.78, 5) is 10.7. The van der Waals surface area contributed by atoms with Gasteiger partial charge >= 0.3 is 0 Å². The predicted molar refractivity (Wildman–Crippen MR) is 61.1 cm³/mol. The van der Waals surface area contributed by atoms with Gasteiger partial charge < -0.3 is 9.94 Å². The molecule has 0 saturated carbocycles. The smallest absolute Gasteiger partial charge is 0.160 e. The Morgan fingerprint density at radius 1 is 1.31 bits per heavy atom. The minimum Gasteiger partial charge on any atom is -0.483 e. The second kappa shape index (κ2) is 5.90. The van der Waals surface area contributed by atoms with Gasteiger partial charge in [-0.15, -0.1) is 0 Å². The summed E-state index contributed by atoms with van der Waals surface area (Å²) in [7, 11) is 0. The summed E-state index contributed by atoms with van der Waals surface area (Å²) in [5.74, 6) is 0.761. The summed E-state index contributed by atoms with van der Waals surface area (Å²) in [5.41, 5.74) is 0.766. The third kappa shape index (κ3) is 3.38. The normalized spacial score (nSPS) is 12.9. The number of aldehydes is 1. The van der Waals surface area contributed by atoms with Crippen LogP contribution in [0, 0.1) is 5.92 Å². The van der Waals surface area contributed by atoms with Gasteiger partial charge in [0.15, 0.2) is 12.4 Å². The summed E-state index contributed by atoms with van der Waals surface area (Å²) in [6.45, 7) is 3.84. The van der Waals surface area contributed by atoms with E-state index in [4.69, 9.17) is 9.94 Å². The average Bonchev–Trinajstić information content (AvgIpc) is 2.28. The third-order valence-electron chi connectivity index (χ3n) is 2.15. The standard InChI is InChI=1S/C12H15NO3/c1-9(2)12(8-14)16-11-5-3-10(4-6-11)7-13-15/h3-9,12,15H,1-2H3/b13-7+/t12-/m0/s1. The Bertz CT molecular complexity index is 357. The average molecular weight is 221 g/mol. The van der Waals surface area contributed by atoms with Crippen LogP contribution >= 0.6 is 0 Å². The van der Waals surface area contributed by atoms with Gasteiger partial charge in [0.2, 0.25) is 0 Å². The number of hydrogen-bond donors (Lipinski definition) is 1. The number of carbonyl (C=O) groups is 1. The first-order valence-corrected chi connectivity index (χ1v) is 5.07. The van der Waals surface area contributed by atoms with Crippen molar-refractivity contribution in [2.24, 2.45) is 11.1 Å². The highest BCUT2D eigenvalue weighted by Gasteiger charge is 2.13. The Labute approximate surface area is 94.5 Å². The highest BCUT2D eigenvalue weighted by Crippen LogP contribution is 2.15. The van der Waals surface area contributed by atoms with Crippen LogP contribution in [0.25, 0.3) is 0 Å². The molecule has 0 aliphatic heterocycles. The molecule has 0 unspecified atom stereocenters. The van der Waals surface area contributed by atoms with Crippen molar-refractivity contribution in [1.82, 2.24) is 0 Å². The number of ether oxygens (including phenoxy) is 1. The summed E-state index contributed by atoms with van der Waals surface area (Å²) >= 11 is 0. The van der Waals surface area contributed by atoms with Crippen LogP contribution in [-0.4, -0.2) is 23.8 Å². The molecular formula is C12H15NO3. The van der Waals surface area contributed by atoms with E-state index < -0.39 is 6.10 Å². The van der Waals surface area contributed by atoms with Crippen LogP contribution in [-0.2, 0) is 4.79 Å². The van der Waals surface area contributed by atoms with Crippen molar-refractivity contribution in [2.45, 2.75) is 20.0 Å². The quantitative estimate of drug-likeness (QED) is 0.358. The molecule has 0 aromatic heterocycles. The molecule has 0 bridgehead atoms. The van der Waals surface area contributed by atoms with E-state index in [1.807, 2.05) is 13.8 Å². The Hall–Kier alpha value is -1.84. The number of benzene rings is 1. The van der Waals surface area contributed by atoms with Gasteiger partial charge in [0.25, 0.3) is 0 Å². The lowest BCUT2D eigenvalue weighted by Crippen LogP contribution is -2.24. The lowest BCUT2D eigenvalue weighted by atomic mass is 10.1. The van der Waals surface area contributed by atoms with Crippen molar-refractivity contribution in [2.75, 3.05) is 0 Å². The van der Waals surface area contributed by atoms with Crippen LogP contribution in [0.2, 0.25) is 0 Å². The third-order valence-corrected chi connectivity index (χ3v) is 2.15. The zero-order chi connectivity index (χ0) is 12.0. The molecule has 0 aliphatic carbocycles. The summed E-state index contributed by atoms with van der Waals surface area (Å²) in [5, 5.41) is 11.3. The summed E-state index contributed by atoms with van der Waals surface area (Å²) in [6, 6.07) is 6.96. The van der Waals surface area contributed by atoms with Gasteiger partial charge in [0.1, 0.15) is 5.75 Å². The van der Waals surface area contributed by atoms with Crippen LogP contribution in [0.15, 0.2) is 29.4 Å². The van der Waals surface area contributed by atoms with Gasteiger partial charge in [-0.3, -0.25) is 4.79 Å². The van der Waals surface area contributed by atoms with E-state index in [0.717, 1.165) is 11.8 Å². The Morgan fingerprint density at radius 2 is 1.94 bits per heavy atom. The van der Waals surface area contributed by atoms with E-state index >= 15 is 0 Å². The maximum Gasteiger partial charge on any atom is 0.160 e. The maximum absolute atomic E-state index is 10.7. The molecule has 16 heavy (non-hydrogen) atoms. The lowest BCUT2D eigenvalue weighted by molar-refractivity contribution is -0.115. The molecule has 0 radical (unpaired) electrons. The lowest BCUT2D eigenvalue weighted by Gasteiger charge is -2.16. The van der Waals surface area contributed by atoms with Crippen molar-refractivity contribution in [3.8, 4) is 5.75 Å². The molecule has 0 fully saturated rings. The molecule has 0 spiro atoms. The molecule has 1 aromatic rings. The predicted octanol–water partition coefficient (Wildman–Crippen LogP) is 2.10. The van der Waals surface area contributed by atoms with Gasteiger partial charge in [-0.25, -0.2) is 0 Å². The molecule has 0 heterocycles. The molecule has 4 heteroatoms. The van der Waals surface area contributed by atoms with Crippen molar-refractivity contribution in [3.05, 3.63) is 29.8 Å². The maximum atomic E-state index is 10.7. The number of hydrogen-bond acceptors (Lipinski definition) is 4. The van der Waals surface area contributed by atoms with Crippen LogP contribution in [0.1, 0.15) is 19.4 Å². The first-order chi connectivity index (χ1) is 7.67. The van der Waals surface area contributed by atoms with Gasteiger partial charge in [-0.2, -0.15) is 0 Å². The second-order valence-corrected chi connectivity index (χ2v) is 3.78. The second-order valence-electron chi connectivity index (χ2n) is 3.78. The van der Waals surface area contributed by atoms with E-state index in [-0.39, 0.29) is 5.92 Å². The van der Waals surface area contributed by atoms with Gasteiger partial charge in [-0.05, 0) is 35.7 Å². The van der Waals surface area contributed by atoms with E-state index in [1.54, 1.807) is 24.3 Å². The Morgan fingerprint density at radius 3 is 2.38 bits per heavy atom. The summed E-state index contributed by atoms with van der Waals surface area (Å²) < 4.78 is 5.48.